The lowest BCUT2D eigenvalue weighted by atomic mass is 9.94. The van der Waals surface area contributed by atoms with Crippen LogP contribution in [0.3, 0.4) is 0 Å². The van der Waals surface area contributed by atoms with E-state index >= 15 is 0 Å². The molecule has 1 fully saturated rings. The maximum Gasteiger partial charge on any atom is 0.0649 e. The maximum absolute atomic E-state index is 5.39. The molecule has 0 spiro atoms. The van der Waals surface area contributed by atoms with E-state index in [2.05, 4.69) is 26.1 Å². The second-order valence-corrected chi connectivity index (χ2v) is 3.74. The zero-order valence-corrected chi connectivity index (χ0v) is 7.81. The number of nitrogens with one attached hydrogen (secondary N) is 1. The van der Waals surface area contributed by atoms with E-state index in [0.29, 0.717) is 6.04 Å². The molecule has 1 saturated heterocycles. The van der Waals surface area contributed by atoms with Crippen LogP contribution in [0.1, 0.15) is 33.6 Å². The summed E-state index contributed by atoms with van der Waals surface area (Å²) in [5.41, 5.74) is 0.286. The van der Waals surface area contributed by atoms with Crippen molar-refractivity contribution in [2.75, 3.05) is 13.2 Å². The van der Waals surface area contributed by atoms with Crippen LogP contribution in [0, 0.1) is 0 Å². The Labute approximate surface area is 69.3 Å². The Bertz CT molecular complexity index is 117. The summed E-state index contributed by atoms with van der Waals surface area (Å²) in [5, 5.41) is 3.58. The normalized spacial score (nSPS) is 31.6. The van der Waals surface area contributed by atoms with Gasteiger partial charge in [-0.3, -0.25) is 0 Å². The Balaban J connectivity index is 2.45. The van der Waals surface area contributed by atoms with Gasteiger partial charge in [-0.1, -0.05) is 20.8 Å². The van der Waals surface area contributed by atoms with Gasteiger partial charge in [0, 0.05) is 18.2 Å². The fraction of sp³-hybridized carbons (Fsp3) is 1.00. The molecule has 1 atom stereocenters. The van der Waals surface area contributed by atoms with Gasteiger partial charge in [-0.05, 0) is 12.8 Å². The summed E-state index contributed by atoms with van der Waals surface area (Å²) in [7, 11) is 0. The van der Waals surface area contributed by atoms with Crippen LogP contribution in [-0.2, 0) is 4.74 Å². The van der Waals surface area contributed by atoms with Gasteiger partial charge in [-0.2, -0.15) is 0 Å². The first-order chi connectivity index (χ1) is 5.18. The first-order valence-electron chi connectivity index (χ1n) is 4.54. The van der Waals surface area contributed by atoms with Crippen molar-refractivity contribution in [1.29, 1.82) is 0 Å². The van der Waals surface area contributed by atoms with Crippen molar-refractivity contribution in [2.45, 2.75) is 45.2 Å². The third-order valence-corrected chi connectivity index (χ3v) is 2.37. The fourth-order valence-electron chi connectivity index (χ4n) is 1.71. The van der Waals surface area contributed by atoms with Crippen LogP contribution in [0.2, 0.25) is 0 Å². The highest BCUT2D eigenvalue weighted by Gasteiger charge is 2.32. The topological polar surface area (TPSA) is 21.3 Å². The van der Waals surface area contributed by atoms with Gasteiger partial charge in [0.05, 0.1) is 6.61 Å². The average molecular weight is 157 g/mol. The van der Waals surface area contributed by atoms with Crippen LogP contribution in [-0.4, -0.2) is 24.8 Å². The van der Waals surface area contributed by atoms with E-state index in [4.69, 9.17) is 4.74 Å². The first-order valence-corrected chi connectivity index (χ1v) is 4.54. The molecule has 66 valence electrons. The van der Waals surface area contributed by atoms with Crippen LogP contribution in [0.4, 0.5) is 0 Å². The number of hydrogen-bond acceptors (Lipinski definition) is 2. The minimum Gasteiger partial charge on any atom is -0.379 e. The highest BCUT2D eigenvalue weighted by molar-refractivity contribution is 4.91. The lowest BCUT2D eigenvalue weighted by Gasteiger charge is -2.29. The van der Waals surface area contributed by atoms with Crippen LogP contribution in [0.5, 0.6) is 0 Å². The van der Waals surface area contributed by atoms with Crippen molar-refractivity contribution >= 4 is 0 Å². The van der Waals surface area contributed by atoms with Crippen molar-refractivity contribution in [3.05, 3.63) is 0 Å². The van der Waals surface area contributed by atoms with Crippen molar-refractivity contribution in [3.8, 4) is 0 Å². The van der Waals surface area contributed by atoms with Crippen LogP contribution in [0.25, 0.3) is 0 Å². The summed E-state index contributed by atoms with van der Waals surface area (Å²) in [6.07, 6.45) is 2.34. The first kappa shape index (κ1) is 9.01. The SMILES string of the molecule is CCC1(NC(C)C)CCOC1. The molecule has 1 N–H and O–H groups in total. The Morgan fingerprint density at radius 2 is 2.27 bits per heavy atom. The van der Waals surface area contributed by atoms with E-state index in [1.54, 1.807) is 0 Å². The number of ether oxygens (including phenoxy) is 1. The molecule has 0 aliphatic carbocycles. The van der Waals surface area contributed by atoms with Gasteiger partial charge in [0.1, 0.15) is 0 Å². The molecule has 11 heavy (non-hydrogen) atoms. The molecule has 2 nitrogen and oxygen atoms in total. The second-order valence-electron chi connectivity index (χ2n) is 3.74. The molecule has 1 heterocycles. The Kier molecular flexibility index (Phi) is 2.90. The summed E-state index contributed by atoms with van der Waals surface area (Å²) >= 11 is 0. The molecule has 0 aromatic carbocycles. The highest BCUT2D eigenvalue weighted by atomic mass is 16.5. The number of hydrogen-bond donors (Lipinski definition) is 1. The molecular weight excluding hydrogens is 138 g/mol. The Morgan fingerprint density at radius 3 is 2.64 bits per heavy atom. The van der Waals surface area contributed by atoms with Gasteiger partial charge in [-0.15, -0.1) is 0 Å². The highest BCUT2D eigenvalue weighted by Crippen LogP contribution is 2.22. The van der Waals surface area contributed by atoms with Gasteiger partial charge in [-0.25, -0.2) is 0 Å². The smallest absolute Gasteiger partial charge is 0.0649 e. The largest absolute Gasteiger partial charge is 0.379 e. The van der Waals surface area contributed by atoms with Crippen LogP contribution in [0.15, 0.2) is 0 Å². The molecule has 0 bridgehead atoms. The molecule has 0 aromatic heterocycles. The van der Waals surface area contributed by atoms with Gasteiger partial charge >= 0.3 is 0 Å². The third kappa shape index (κ3) is 2.17. The predicted octanol–water partition coefficient (Wildman–Crippen LogP) is 1.55. The summed E-state index contributed by atoms with van der Waals surface area (Å²) < 4.78 is 5.39. The van der Waals surface area contributed by atoms with E-state index in [9.17, 15) is 0 Å². The van der Waals surface area contributed by atoms with E-state index < -0.39 is 0 Å². The average Bonchev–Trinajstić information content (AvgIpc) is 2.36. The molecule has 0 aromatic rings. The monoisotopic (exact) mass is 157 g/mol. The van der Waals surface area contributed by atoms with Crippen molar-refractivity contribution in [3.63, 3.8) is 0 Å². The summed E-state index contributed by atoms with van der Waals surface area (Å²) in [6, 6.07) is 0.566. The van der Waals surface area contributed by atoms with E-state index in [0.717, 1.165) is 13.2 Å². The van der Waals surface area contributed by atoms with Crippen molar-refractivity contribution in [2.24, 2.45) is 0 Å². The molecular formula is C9H19NO. The van der Waals surface area contributed by atoms with Gasteiger partial charge in [0.25, 0.3) is 0 Å². The molecule has 1 rings (SSSR count). The molecule has 2 heteroatoms. The standard InChI is InChI=1S/C9H19NO/c1-4-9(10-8(2)3)5-6-11-7-9/h8,10H,4-7H2,1-3H3. The molecule has 0 radical (unpaired) electrons. The Hall–Kier alpha value is -0.0800. The molecule has 1 aliphatic heterocycles. The number of rotatable bonds is 3. The lowest BCUT2D eigenvalue weighted by molar-refractivity contribution is 0.160. The lowest BCUT2D eigenvalue weighted by Crippen LogP contribution is -2.48. The summed E-state index contributed by atoms with van der Waals surface area (Å²) in [4.78, 5) is 0. The van der Waals surface area contributed by atoms with Crippen molar-refractivity contribution in [1.82, 2.24) is 5.32 Å². The molecule has 0 amide bonds. The van der Waals surface area contributed by atoms with Gasteiger partial charge in [0.15, 0.2) is 0 Å². The minimum atomic E-state index is 0.286. The van der Waals surface area contributed by atoms with Gasteiger partial charge < -0.3 is 10.1 Å². The third-order valence-electron chi connectivity index (χ3n) is 2.37. The van der Waals surface area contributed by atoms with E-state index in [1.165, 1.54) is 12.8 Å². The summed E-state index contributed by atoms with van der Waals surface area (Å²) in [5.74, 6) is 0. The predicted molar refractivity (Wildman–Crippen MR) is 46.7 cm³/mol. The molecule has 1 aliphatic rings. The Morgan fingerprint density at radius 1 is 1.55 bits per heavy atom. The maximum atomic E-state index is 5.39. The zero-order chi connectivity index (χ0) is 8.32. The van der Waals surface area contributed by atoms with E-state index in [-0.39, 0.29) is 5.54 Å². The summed E-state index contributed by atoms with van der Waals surface area (Å²) in [6.45, 7) is 8.42. The molecule has 0 saturated carbocycles. The minimum absolute atomic E-state index is 0.286. The fourth-order valence-corrected chi connectivity index (χ4v) is 1.71. The van der Waals surface area contributed by atoms with E-state index in [1.807, 2.05) is 0 Å². The quantitative estimate of drug-likeness (QED) is 0.671. The van der Waals surface area contributed by atoms with Crippen molar-refractivity contribution < 1.29 is 4.74 Å². The van der Waals surface area contributed by atoms with Crippen LogP contribution < -0.4 is 5.32 Å². The second kappa shape index (κ2) is 3.55. The van der Waals surface area contributed by atoms with Crippen LogP contribution >= 0.6 is 0 Å². The molecule has 1 unspecified atom stereocenters. The van der Waals surface area contributed by atoms with Gasteiger partial charge in [0.2, 0.25) is 0 Å². The zero-order valence-electron chi connectivity index (χ0n) is 7.81.